The quantitative estimate of drug-likeness (QED) is 0.660. The number of hydrogen-bond donors (Lipinski definition) is 1. The van der Waals surface area contributed by atoms with Gasteiger partial charge in [-0.2, -0.15) is 0 Å². The molecule has 0 saturated heterocycles. The Labute approximate surface area is 123 Å². The maximum absolute atomic E-state index is 13.0. The number of rotatable bonds is 9. The molecule has 0 aliphatic rings. The Morgan fingerprint density at radius 2 is 1.63 bits per heavy atom. The van der Waals surface area contributed by atoms with Crippen LogP contribution in [0.4, 0.5) is 0 Å². The highest BCUT2D eigenvalue weighted by molar-refractivity contribution is 7.80. The van der Waals surface area contributed by atoms with Crippen molar-refractivity contribution < 1.29 is 4.79 Å². The van der Waals surface area contributed by atoms with Crippen LogP contribution in [0, 0.1) is 5.41 Å². The van der Waals surface area contributed by atoms with E-state index in [2.05, 4.69) is 34.6 Å². The van der Waals surface area contributed by atoms with E-state index in [9.17, 15) is 4.79 Å². The van der Waals surface area contributed by atoms with E-state index in [0.29, 0.717) is 4.99 Å². The molecule has 19 heavy (non-hydrogen) atoms. The normalized spacial score (nSPS) is 11.7. The summed E-state index contributed by atoms with van der Waals surface area (Å²) in [7, 11) is 0. The van der Waals surface area contributed by atoms with Crippen molar-refractivity contribution in [3.05, 3.63) is 0 Å². The maximum Gasteiger partial charge on any atom is 0.235 e. The fourth-order valence-electron chi connectivity index (χ4n) is 2.65. The van der Waals surface area contributed by atoms with Gasteiger partial charge in [0, 0.05) is 12.6 Å². The van der Waals surface area contributed by atoms with Gasteiger partial charge in [-0.1, -0.05) is 45.8 Å². The molecule has 0 unspecified atom stereocenters. The first-order valence-electron chi connectivity index (χ1n) is 7.48. The van der Waals surface area contributed by atoms with E-state index in [1.54, 1.807) is 0 Å². The van der Waals surface area contributed by atoms with Gasteiger partial charge in [0.2, 0.25) is 5.91 Å². The first-order chi connectivity index (χ1) is 8.87. The van der Waals surface area contributed by atoms with Crippen LogP contribution in [0.3, 0.4) is 0 Å². The van der Waals surface area contributed by atoms with Crippen LogP contribution >= 0.6 is 12.2 Å². The Kier molecular flexibility index (Phi) is 8.23. The van der Waals surface area contributed by atoms with Gasteiger partial charge in [-0.15, -0.1) is 0 Å². The smallest absolute Gasteiger partial charge is 0.235 e. The molecule has 0 aromatic rings. The zero-order valence-electron chi connectivity index (χ0n) is 13.2. The molecule has 0 atom stereocenters. The van der Waals surface area contributed by atoms with E-state index in [0.717, 1.165) is 38.6 Å². The van der Waals surface area contributed by atoms with Gasteiger partial charge >= 0.3 is 0 Å². The zero-order chi connectivity index (χ0) is 15.1. The standard InChI is InChI=1S/C15H30N2OS/c1-6-9-15(10-7-2,13(16)19)14(18)17(11-8-3)12(4)5/h12H,6-11H2,1-5H3,(H2,16,19). The largest absolute Gasteiger partial charge is 0.392 e. The summed E-state index contributed by atoms with van der Waals surface area (Å²) in [4.78, 5) is 15.3. The number of carbonyl (C=O) groups is 1. The molecule has 112 valence electrons. The molecule has 0 aromatic heterocycles. The molecule has 0 rings (SSSR count). The first-order valence-corrected chi connectivity index (χ1v) is 7.89. The van der Waals surface area contributed by atoms with E-state index in [-0.39, 0.29) is 11.9 Å². The minimum atomic E-state index is -0.641. The van der Waals surface area contributed by atoms with Crippen molar-refractivity contribution in [2.75, 3.05) is 6.54 Å². The van der Waals surface area contributed by atoms with E-state index in [1.165, 1.54) is 0 Å². The number of thiocarbonyl (C=S) groups is 1. The topological polar surface area (TPSA) is 46.3 Å². The van der Waals surface area contributed by atoms with E-state index in [1.807, 2.05) is 4.90 Å². The van der Waals surface area contributed by atoms with Gasteiger partial charge in [0.05, 0.1) is 10.4 Å². The van der Waals surface area contributed by atoms with Crippen LogP contribution in [0.2, 0.25) is 0 Å². The van der Waals surface area contributed by atoms with Gasteiger partial charge in [0.1, 0.15) is 0 Å². The highest BCUT2D eigenvalue weighted by Gasteiger charge is 2.42. The predicted molar refractivity (Wildman–Crippen MR) is 86.2 cm³/mol. The Hall–Kier alpha value is -0.640. The second-order valence-corrected chi connectivity index (χ2v) is 5.98. The predicted octanol–water partition coefficient (Wildman–Crippen LogP) is 3.51. The summed E-state index contributed by atoms with van der Waals surface area (Å²) in [6.45, 7) is 11.1. The summed E-state index contributed by atoms with van der Waals surface area (Å²) in [5, 5.41) is 0. The highest BCUT2D eigenvalue weighted by Crippen LogP contribution is 2.33. The van der Waals surface area contributed by atoms with E-state index >= 15 is 0 Å². The molecule has 0 spiro atoms. The van der Waals surface area contributed by atoms with Crippen molar-refractivity contribution in [3.63, 3.8) is 0 Å². The molecule has 0 aromatic carbocycles. The van der Waals surface area contributed by atoms with Gasteiger partial charge in [0.15, 0.2) is 0 Å². The van der Waals surface area contributed by atoms with Gasteiger partial charge < -0.3 is 10.6 Å². The molecule has 4 heteroatoms. The lowest BCUT2D eigenvalue weighted by atomic mass is 9.77. The molecule has 0 saturated carbocycles. The zero-order valence-corrected chi connectivity index (χ0v) is 14.0. The Bertz CT molecular complexity index is 297. The molecule has 0 bridgehead atoms. The van der Waals surface area contributed by atoms with Crippen LogP contribution in [0.25, 0.3) is 0 Å². The summed E-state index contributed by atoms with van der Waals surface area (Å²) in [5.74, 6) is 0.126. The van der Waals surface area contributed by atoms with Crippen LogP contribution in [0.1, 0.15) is 66.7 Å². The summed E-state index contributed by atoms with van der Waals surface area (Å²) >= 11 is 5.26. The SMILES string of the molecule is CCCN(C(=O)C(CCC)(CCC)C(N)=S)C(C)C. The lowest BCUT2D eigenvalue weighted by Crippen LogP contribution is -2.52. The molecule has 0 fully saturated rings. The van der Waals surface area contributed by atoms with Crippen LogP contribution < -0.4 is 5.73 Å². The van der Waals surface area contributed by atoms with Gasteiger partial charge in [-0.05, 0) is 33.1 Å². The third-order valence-electron chi connectivity index (χ3n) is 3.58. The minimum absolute atomic E-state index is 0.126. The molecule has 0 heterocycles. The van der Waals surface area contributed by atoms with E-state index < -0.39 is 5.41 Å². The Morgan fingerprint density at radius 1 is 1.16 bits per heavy atom. The number of nitrogens with zero attached hydrogens (tertiary/aromatic N) is 1. The van der Waals surface area contributed by atoms with Crippen molar-refractivity contribution >= 4 is 23.1 Å². The van der Waals surface area contributed by atoms with Crippen LogP contribution in [0.5, 0.6) is 0 Å². The second-order valence-electron chi connectivity index (χ2n) is 5.54. The number of amides is 1. The average Bonchev–Trinajstić information content (AvgIpc) is 2.34. The van der Waals surface area contributed by atoms with Crippen molar-refractivity contribution in [1.29, 1.82) is 0 Å². The van der Waals surface area contributed by atoms with E-state index in [4.69, 9.17) is 18.0 Å². The summed E-state index contributed by atoms with van der Waals surface area (Å²) in [5.41, 5.74) is 5.32. The van der Waals surface area contributed by atoms with Gasteiger partial charge in [-0.25, -0.2) is 0 Å². The van der Waals surface area contributed by atoms with Crippen molar-refractivity contribution in [1.82, 2.24) is 4.90 Å². The van der Waals surface area contributed by atoms with Crippen molar-refractivity contribution in [2.24, 2.45) is 11.1 Å². The summed E-state index contributed by atoms with van der Waals surface area (Å²) in [6, 6.07) is 0.190. The molecule has 0 aliphatic carbocycles. The lowest BCUT2D eigenvalue weighted by molar-refractivity contribution is -0.141. The number of nitrogens with two attached hydrogens (primary N) is 1. The summed E-state index contributed by atoms with van der Waals surface area (Å²) < 4.78 is 0. The van der Waals surface area contributed by atoms with Crippen LogP contribution in [-0.4, -0.2) is 28.4 Å². The van der Waals surface area contributed by atoms with Gasteiger partial charge in [0.25, 0.3) is 0 Å². The monoisotopic (exact) mass is 286 g/mol. The molecule has 0 radical (unpaired) electrons. The number of carbonyl (C=O) groups excluding carboxylic acids is 1. The number of hydrogen-bond acceptors (Lipinski definition) is 2. The van der Waals surface area contributed by atoms with Crippen molar-refractivity contribution in [2.45, 2.75) is 72.8 Å². The maximum atomic E-state index is 13.0. The van der Waals surface area contributed by atoms with Crippen LogP contribution in [-0.2, 0) is 4.79 Å². The lowest BCUT2D eigenvalue weighted by Gasteiger charge is -2.38. The fraction of sp³-hybridized carbons (Fsp3) is 0.867. The molecule has 3 nitrogen and oxygen atoms in total. The average molecular weight is 286 g/mol. The molecule has 0 aliphatic heterocycles. The first kappa shape index (κ1) is 18.4. The fourth-order valence-corrected chi connectivity index (χ4v) is 2.95. The third-order valence-corrected chi connectivity index (χ3v) is 3.97. The molecule has 1 amide bonds. The van der Waals surface area contributed by atoms with Crippen LogP contribution in [0.15, 0.2) is 0 Å². The summed E-state index contributed by atoms with van der Waals surface area (Å²) in [6.07, 6.45) is 4.29. The molecular weight excluding hydrogens is 256 g/mol. The Balaban J connectivity index is 5.43. The molecular formula is C15H30N2OS. The molecule has 2 N–H and O–H groups in total. The minimum Gasteiger partial charge on any atom is -0.392 e. The third kappa shape index (κ3) is 4.44. The van der Waals surface area contributed by atoms with Gasteiger partial charge in [-0.3, -0.25) is 4.79 Å². The highest BCUT2D eigenvalue weighted by atomic mass is 32.1. The Morgan fingerprint density at radius 3 is 1.89 bits per heavy atom. The van der Waals surface area contributed by atoms with Crippen molar-refractivity contribution in [3.8, 4) is 0 Å². The second kappa shape index (κ2) is 8.51.